The van der Waals surface area contributed by atoms with Gasteiger partial charge in [0, 0.05) is 28.1 Å². The number of benzene rings is 3. The third-order valence-electron chi connectivity index (χ3n) is 6.53. The van der Waals surface area contributed by atoms with E-state index in [1.165, 1.54) is 32.9 Å². The molecule has 2 nitrogen and oxygen atoms in total. The highest BCUT2D eigenvalue weighted by Crippen LogP contribution is 2.35. The van der Waals surface area contributed by atoms with Crippen molar-refractivity contribution in [2.24, 2.45) is 10.9 Å². The molecule has 36 heavy (non-hydrogen) atoms. The first-order chi connectivity index (χ1) is 17.2. The summed E-state index contributed by atoms with van der Waals surface area (Å²) in [6.45, 7) is 14.1. The smallest absolute Gasteiger partial charge is 0.130 e. The standard InChI is InChI=1S/C33H38NOP/c1-23-20-29(33(4,5)6)31(35-22-26-15-9-7-10-16-26)30(21-23)36-32-24(2)14-13-19-28(32)25(3)34-27-17-11-8-12-18-27/h7-15,17-21,26,36H,16,22H2,1-6H3/b34-25+. The number of aliphatic imine (C=N–C) groups is 1. The average Bonchev–Trinajstić information content (AvgIpc) is 2.85. The molecule has 0 heterocycles. The van der Waals surface area contributed by atoms with Crippen LogP contribution in [0.5, 0.6) is 5.75 Å². The van der Waals surface area contributed by atoms with Gasteiger partial charge in [-0.15, -0.1) is 0 Å². The van der Waals surface area contributed by atoms with E-state index in [4.69, 9.17) is 9.73 Å². The minimum Gasteiger partial charge on any atom is -0.492 e. The van der Waals surface area contributed by atoms with E-state index in [9.17, 15) is 0 Å². The largest absolute Gasteiger partial charge is 0.492 e. The zero-order valence-electron chi connectivity index (χ0n) is 22.4. The number of rotatable bonds is 7. The molecule has 3 aromatic rings. The second kappa shape index (κ2) is 11.4. The van der Waals surface area contributed by atoms with Gasteiger partial charge in [0.25, 0.3) is 0 Å². The summed E-state index contributed by atoms with van der Waals surface area (Å²) in [4.78, 5) is 4.94. The number of nitrogens with zero attached hydrogens (tertiary/aromatic N) is 1. The zero-order chi connectivity index (χ0) is 25.7. The van der Waals surface area contributed by atoms with Crippen molar-refractivity contribution in [1.82, 2.24) is 0 Å². The Balaban J connectivity index is 1.75. The molecule has 0 amide bonds. The van der Waals surface area contributed by atoms with Crippen molar-refractivity contribution in [3.8, 4) is 5.75 Å². The second-order valence-corrected chi connectivity index (χ2v) is 12.0. The average molecular weight is 496 g/mol. The lowest BCUT2D eigenvalue weighted by Crippen LogP contribution is -2.23. The van der Waals surface area contributed by atoms with Crippen LogP contribution in [0.15, 0.2) is 90.0 Å². The lowest BCUT2D eigenvalue weighted by molar-refractivity contribution is 0.271. The molecule has 4 rings (SSSR count). The van der Waals surface area contributed by atoms with Gasteiger partial charge in [-0.05, 0) is 67.2 Å². The Morgan fingerprint density at radius 1 is 1.00 bits per heavy atom. The summed E-state index contributed by atoms with van der Waals surface area (Å²) < 4.78 is 6.69. The molecule has 0 saturated carbocycles. The van der Waals surface area contributed by atoms with Gasteiger partial charge < -0.3 is 4.74 Å². The topological polar surface area (TPSA) is 21.6 Å². The molecular formula is C33H38NOP. The molecule has 0 bridgehead atoms. The zero-order valence-corrected chi connectivity index (χ0v) is 23.4. The van der Waals surface area contributed by atoms with Gasteiger partial charge in [-0.25, -0.2) is 0 Å². The van der Waals surface area contributed by atoms with E-state index in [1.807, 2.05) is 18.2 Å². The van der Waals surface area contributed by atoms with Crippen molar-refractivity contribution >= 4 is 30.6 Å². The van der Waals surface area contributed by atoms with Gasteiger partial charge in [0.1, 0.15) is 5.75 Å². The highest BCUT2D eigenvalue weighted by molar-refractivity contribution is 7.56. The van der Waals surface area contributed by atoms with Crippen molar-refractivity contribution in [2.75, 3.05) is 6.61 Å². The molecule has 2 atom stereocenters. The second-order valence-electron chi connectivity index (χ2n) is 10.7. The molecule has 2 unspecified atom stereocenters. The summed E-state index contributed by atoms with van der Waals surface area (Å²) >= 11 is 0. The molecule has 1 aliphatic carbocycles. The van der Waals surface area contributed by atoms with Gasteiger partial charge in [0.2, 0.25) is 0 Å². The number of allylic oxidation sites excluding steroid dienone is 3. The first-order valence-electron chi connectivity index (χ1n) is 12.8. The Hall–Kier alpha value is -2.96. The molecule has 3 aromatic carbocycles. The molecule has 0 aromatic heterocycles. The minimum absolute atomic E-state index is 0.0118. The monoisotopic (exact) mass is 495 g/mol. The Labute approximate surface area is 219 Å². The molecule has 1 aliphatic rings. The third-order valence-corrected chi connectivity index (χ3v) is 8.08. The Morgan fingerprint density at radius 3 is 2.47 bits per heavy atom. The van der Waals surface area contributed by atoms with E-state index in [2.05, 4.69) is 108 Å². The van der Waals surface area contributed by atoms with Crippen LogP contribution in [-0.4, -0.2) is 12.3 Å². The fraction of sp³-hybridized carbons (Fsp3) is 0.303. The number of ether oxygens (including phenoxy) is 1. The number of para-hydroxylation sites is 1. The summed E-state index contributed by atoms with van der Waals surface area (Å²) in [5.41, 5.74) is 7.07. The number of hydrogen-bond donors (Lipinski definition) is 0. The molecule has 0 aliphatic heterocycles. The maximum atomic E-state index is 6.69. The quantitative estimate of drug-likeness (QED) is 0.241. The predicted octanol–water partition coefficient (Wildman–Crippen LogP) is 7.88. The van der Waals surface area contributed by atoms with Crippen LogP contribution in [0.2, 0.25) is 0 Å². The van der Waals surface area contributed by atoms with Gasteiger partial charge in [-0.1, -0.05) is 96.1 Å². The van der Waals surface area contributed by atoms with Crippen LogP contribution < -0.4 is 15.3 Å². The molecule has 0 radical (unpaired) electrons. The fourth-order valence-corrected chi connectivity index (χ4v) is 6.12. The van der Waals surface area contributed by atoms with Gasteiger partial charge in [0.05, 0.1) is 12.3 Å². The third kappa shape index (κ3) is 6.42. The predicted molar refractivity (Wildman–Crippen MR) is 159 cm³/mol. The van der Waals surface area contributed by atoms with E-state index >= 15 is 0 Å². The van der Waals surface area contributed by atoms with Gasteiger partial charge in [-0.3, -0.25) is 4.99 Å². The van der Waals surface area contributed by atoms with Crippen molar-refractivity contribution in [2.45, 2.75) is 53.4 Å². The summed E-state index contributed by atoms with van der Waals surface area (Å²) in [5, 5.41) is 2.61. The van der Waals surface area contributed by atoms with Crippen molar-refractivity contribution < 1.29 is 4.74 Å². The SMILES string of the molecule is C/C(=N\c1ccccc1)c1cccc(C)c1Pc1cc(C)cc(C(C)(C)C)c1OCC1C=CC=CC1. The van der Waals surface area contributed by atoms with Crippen molar-refractivity contribution in [1.29, 1.82) is 0 Å². The molecule has 0 N–H and O–H groups in total. The van der Waals surface area contributed by atoms with Gasteiger partial charge in [0.15, 0.2) is 0 Å². The minimum atomic E-state index is -0.0118. The summed E-state index contributed by atoms with van der Waals surface area (Å²) in [7, 11) is 0.480. The van der Waals surface area contributed by atoms with E-state index in [1.54, 1.807) is 0 Å². The van der Waals surface area contributed by atoms with Crippen LogP contribution in [0, 0.1) is 19.8 Å². The van der Waals surface area contributed by atoms with Crippen LogP contribution in [0.1, 0.15) is 56.4 Å². The molecule has 0 fully saturated rings. The van der Waals surface area contributed by atoms with E-state index in [0.29, 0.717) is 21.1 Å². The van der Waals surface area contributed by atoms with Crippen LogP contribution in [0.4, 0.5) is 5.69 Å². The Bertz CT molecular complexity index is 1300. The molecule has 0 saturated heterocycles. The lowest BCUT2D eigenvalue weighted by atomic mass is 9.85. The first-order valence-corrected chi connectivity index (χ1v) is 13.8. The molecule has 186 valence electrons. The summed E-state index contributed by atoms with van der Waals surface area (Å²) in [6.07, 6.45) is 9.77. The van der Waals surface area contributed by atoms with E-state index in [0.717, 1.165) is 23.6 Å². The number of hydrogen-bond acceptors (Lipinski definition) is 2. The Morgan fingerprint density at radius 2 is 1.78 bits per heavy atom. The maximum absolute atomic E-state index is 6.69. The molecular weight excluding hydrogens is 457 g/mol. The highest BCUT2D eigenvalue weighted by Gasteiger charge is 2.24. The number of aryl methyl sites for hydroxylation is 2. The van der Waals surface area contributed by atoms with Gasteiger partial charge in [-0.2, -0.15) is 0 Å². The molecule has 3 heteroatoms. The fourth-order valence-electron chi connectivity index (χ4n) is 4.55. The molecule has 0 spiro atoms. The van der Waals surface area contributed by atoms with E-state index < -0.39 is 0 Å². The van der Waals surface area contributed by atoms with Gasteiger partial charge >= 0.3 is 0 Å². The Kier molecular flexibility index (Phi) is 8.27. The van der Waals surface area contributed by atoms with Crippen molar-refractivity contribution in [3.63, 3.8) is 0 Å². The maximum Gasteiger partial charge on any atom is 0.130 e. The summed E-state index contributed by atoms with van der Waals surface area (Å²) in [5.74, 6) is 1.47. The van der Waals surface area contributed by atoms with Crippen LogP contribution in [0.25, 0.3) is 0 Å². The van der Waals surface area contributed by atoms with Crippen LogP contribution >= 0.6 is 8.58 Å². The van der Waals surface area contributed by atoms with E-state index in [-0.39, 0.29) is 5.41 Å². The highest BCUT2D eigenvalue weighted by atomic mass is 31.1. The van der Waals surface area contributed by atoms with Crippen LogP contribution in [0.3, 0.4) is 0 Å². The van der Waals surface area contributed by atoms with Crippen molar-refractivity contribution in [3.05, 3.63) is 107 Å². The lowest BCUT2D eigenvalue weighted by Gasteiger charge is -2.27. The van der Waals surface area contributed by atoms with Crippen LogP contribution in [-0.2, 0) is 5.41 Å². The first kappa shape index (κ1) is 26.1. The normalized spacial score (nSPS) is 16.2. The summed E-state index contributed by atoms with van der Waals surface area (Å²) in [6, 6.07) is 21.4.